The summed E-state index contributed by atoms with van der Waals surface area (Å²) in [5.41, 5.74) is 2.75. The van der Waals surface area contributed by atoms with Crippen LogP contribution in [0.4, 0.5) is 17.1 Å². The van der Waals surface area contributed by atoms with E-state index in [1.165, 1.54) is 0 Å². The van der Waals surface area contributed by atoms with Crippen molar-refractivity contribution in [2.45, 2.75) is 20.8 Å². The van der Waals surface area contributed by atoms with Crippen LogP contribution in [0.2, 0.25) is 0 Å². The van der Waals surface area contributed by atoms with E-state index in [1.807, 2.05) is 69.3 Å². The van der Waals surface area contributed by atoms with Gasteiger partial charge in [0.25, 0.3) is 0 Å². The Labute approximate surface area is 131 Å². The maximum Gasteiger partial charge on any atom is 0.226 e. The third-order valence-corrected chi connectivity index (χ3v) is 3.13. The van der Waals surface area contributed by atoms with Crippen molar-refractivity contribution in [1.29, 1.82) is 0 Å². The normalized spacial score (nSPS) is 10.4. The molecule has 4 heteroatoms. The van der Waals surface area contributed by atoms with Crippen LogP contribution in [0.1, 0.15) is 20.8 Å². The number of anilines is 3. The van der Waals surface area contributed by atoms with Crippen LogP contribution in [0.3, 0.4) is 0 Å². The number of hydrogen-bond donors (Lipinski definition) is 2. The van der Waals surface area contributed by atoms with Gasteiger partial charge in [-0.15, -0.1) is 0 Å². The number of ether oxygens (including phenoxy) is 1. The van der Waals surface area contributed by atoms with Gasteiger partial charge in [-0.25, -0.2) is 0 Å². The lowest BCUT2D eigenvalue weighted by atomic mass is 10.2. The maximum atomic E-state index is 11.6. The highest BCUT2D eigenvalue weighted by molar-refractivity contribution is 5.92. The van der Waals surface area contributed by atoms with Crippen molar-refractivity contribution in [1.82, 2.24) is 0 Å². The van der Waals surface area contributed by atoms with Crippen LogP contribution >= 0.6 is 0 Å². The summed E-state index contributed by atoms with van der Waals surface area (Å²) < 4.78 is 5.42. The second-order valence-electron chi connectivity index (χ2n) is 5.30. The van der Waals surface area contributed by atoms with E-state index in [0.717, 1.165) is 22.8 Å². The molecule has 0 bridgehead atoms. The van der Waals surface area contributed by atoms with Crippen LogP contribution < -0.4 is 15.4 Å². The zero-order valence-electron chi connectivity index (χ0n) is 13.2. The van der Waals surface area contributed by atoms with Crippen LogP contribution in [0, 0.1) is 5.92 Å². The number of amides is 1. The molecule has 0 unspecified atom stereocenters. The van der Waals surface area contributed by atoms with Crippen LogP contribution in [0.5, 0.6) is 5.75 Å². The van der Waals surface area contributed by atoms with Crippen molar-refractivity contribution >= 4 is 23.0 Å². The Bertz CT molecular complexity index is 604. The summed E-state index contributed by atoms with van der Waals surface area (Å²) in [7, 11) is 0. The van der Waals surface area contributed by atoms with Gasteiger partial charge < -0.3 is 15.4 Å². The van der Waals surface area contributed by atoms with Gasteiger partial charge in [-0.2, -0.15) is 0 Å². The molecule has 0 aliphatic carbocycles. The van der Waals surface area contributed by atoms with Gasteiger partial charge in [0, 0.05) is 23.0 Å². The highest BCUT2D eigenvalue weighted by atomic mass is 16.5. The molecule has 0 radical (unpaired) electrons. The van der Waals surface area contributed by atoms with Gasteiger partial charge in [-0.1, -0.05) is 13.8 Å². The molecule has 22 heavy (non-hydrogen) atoms. The van der Waals surface area contributed by atoms with E-state index in [9.17, 15) is 4.79 Å². The first kappa shape index (κ1) is 15.9. The summed E-state index contributed by atoms with van der Waals surface area (Å²) in [6, 6.07) is 15.5. The molecule has 2 N–H and O–H groups in total. The molecule has 2 aromatic rings. The van der Waals surface area contributed by atoms with Gasteiger partial charge in [0.2, 0.25) is 5.91 Å². The Hall–Kier alpha value is -2.49. The summed E-state index contributed by atoms with van der Waals surface area (Å²) in [4.78, 5) is 11.6. The monoisotopic (exact) mass is 298 g/mol. The van der Waals surface area contributed by atoms with Crippen LogP contribution in [0.25, 0.3) is 0 Å². The molecular formula is C18H22N2O2. The van der Waals surface area contributed by atoms with E-state index in [1.54, 1.807) is 0 Å². The molecule has 1 amide bonds. The summed E-state index contributed by atoms with van der Waals surface area (Å²) in [5, 5.41) is 6.18. The molecule has 0 aliphatic heterocycles. The van der Waals surface area contributed by atoms with Crippen molar-refractivity contribution in [2.24, 2.45) is 5.92 Å². The first-order chi connectivity index (χ1) is 10.6. The number of hydrogen-bond acceptors (Lipinski definition) is 3. The number of carbonyl (C=O) groups excluding carboxylic acids is 1. The second kappa shape index (κ2) is 7.50. The van der Waals surface area contributed by atoms with Gasteiger partial charge in [-0.3, -0.25) is 4.79 Å². The molecule has 2 aromatic carbocycles. The highest BCUT2D eigenvalue weighted by Gasteiger charge is 2.06. The first-order valence-electron chi connectivity index (χ1n) is 7.49. The number of nitrogens with one attached hydrogen (secondary N) is 2. The fraction of sp³-hybridized carbons (Fsp3) is 0.278. The van der Waals surface area contributed by atoms with E-state index >= 15 is 0 Å². The maximum absolute atomic E-state index is 11.6. The lowest BCUT2D eigenvalue weighted by Gasteiger charge is -2.10. The molecule has 0 heterocycles. The largest absolute Gasteiger partial charge is 0.494 e. The van der Waals surface area contributed by atoms with Crippen molar-refractivity contribution < 1.29 is 9.53 Å². The molecule has 0 aliphatic rings. The van der Waals surface area contributed by atoms with E-state index in [2.05, 4.69) is 10.6 Å². The topological polar surface area (TPSA) is 50.4 Å². The average molecular weight is 298 g/mol. The Morgan fingerprint density at radius 1 is 0.955 bits per heavy atom. The SMILES string of the molecule is CCOc1ccc(Nc2ccc(NC(=O)C(C)C)cc2)cc1. The minimum Gasteiger partial charge on any atom is -0.494 e. The van der Waals surface area contributed by atoms with Crippen molar-refractivity contribution in [2.75, 3.05) is 17.2 Å². The minimum absolute atomic E-state index is 0.0206. The molecule has 0 saturated carbocycles. The summed E-state index contributed by atoms with van der Waals surface area (Å²) >= 11 is 0. The number of benzene rings is 2. The number of carbonyl (C=O) groups is 1. The minimum atomic E-state index is -0.0262. The summed E-state index contributed by atoms with van der Waals surface area (Å²) in [5.74, 6) is 0.855. The van der Waals surface area contributed by atoms with Gasteiger partial charge in [-0.05, 0) is 55.5 Å². The van der Waals surface area contributed by atoms with E-state index in [-0.39, 0.29) is 11.8 Å². The van der Waals surface area contributed by atoms with Crippen molar-refractivity contribution in [3.63, 3.8) is 0 Å². The highest BCUT2D eigenvalue weighted by Crippen LogP contribution is 2.21. The Kier molecular flexibility index (Phi) is 5.42. The average Bonchev–Trinajstić information content (AvgIpc) is 2.51. The summed E-state index contributed by atoms with van der Waals surface area (Å²) in [6.07, 6.45) is 0. The molecule has 0 atom stereocenters. The second-order valence-corrected chi connectivity index (χ2v) is 5.30. The van der Waals surface area contributed by atoms with Crippen molar-refractivity contribution in [3.8, 4) is 5.75 Å². The zero-order chi connectivity index (χ0) is 15.9. The fourth-order valence-corrected chi connectivity index (χ4v) is 1.89. The van der Waals surface area contributed by atoms with Crippen LogP contribution in [0.15, 0.2) is 48.5 Å². The lowest BCUT2D eigenvalue weighted by Crippen LogP contribution is -2.17. The first-order valence-corrected chi connectivity index (χ1v) is 7.49. The van der Waals surface area contributed by atoms with Crippen LogP contribution in [-0.4, -0.2) is 12.5 Å². The van der Waals surface area contributed by atoms with Crippen LogP contribution in [-0.2, 0) is 4.79 Å². The zero-order valence-corrected chi connectivity index (χ0v) is 13.2. The molecular weight excluding hydrogens is 276 g/mol. The standard InChI is InChI=1S/C18H22N2O2/c1-4-22-17-11-9-15(10-12-17)19-14-5-7-16(8-6-14)20-18(21)13(2)3/h5-13,19H,4H2,1-3H3,(H,20,21). The third-order valence-electron chi connectivity index (χ3n) is 3.13. The molecule has 0 fully saturated rings. The lowest BCUT2D eigenvalue weighted by molar-refractivity contribution is -0.118. The molecule has 116 valence electrons. The Balaban J connectivity index is 1.97. The predicted molar refractivity (Wildman–Crippen MR) is 90.8 cm³/mol. The fourth-order valence-electron chi connectivity index (χ4n) is 1.89. The smallest absolute Gasteiger partial charge is 0.226 e. The van der Waals surface area contributed by atoms with Crippen molar-refractivity contribution in [3.05, 3.63) is 48.5 Å². The molecule has 0 aromatic heterocycles. The van der Waals surface area contributed by atoms with E-state index in [4.69, 9.17) is 4.74 Å². The molecule has 0 saturated heterocycles. The molecule has 4 nitrogen and oxygen atoms in total. The van der Waals surface area contributed by atoms with Gasteiger partial charge >= 0.3 is 0 Å². The third kappa shape index (κ3) is 4.52. The molecule has 2 rings (SSSR count). The Morgan fingerprint density at radius 3 is 1.95 bits per heavy atom. The Morgan fingerprint density at radius 2 is 1.45 bits per heavy atom. The summed E-state index contributed by atoms with van der Waals surface area (Å²) in [6.45, 7) is 6.37. The van der Waals surface area contributed by atoms with Gasteiger partial charge in [0.05, 0.1) is 6.61 Å². The van der Waals surface area contributed by atoms with Gasteiger partial charge in [0.15, 0.2) is 0 Å². The van der Waals surface area contributed by atoms with Gasteiger partial charge in [0.1, 0.15) is 5.75 Å². The predicted octanol–water partition coefficient (Wildman–Crippen LogP) is 4.42. The molecule has 0 spiro atoms. The van der Waals surface area contributed by atoms with E-state index in [0.29, 0.717) is 6.61 Å². The number of rotatable bonds is 6. The quantitative estimate of drug-likeness (QED) is 0.829. The van der Waals surface area contributed by atoms with E-state index < -0.39 is 0 Å².